The molecule has 1 atom stereocenters. The SMILES string of the molecule is CCNC(=NCC(C)Oc1cccc(C)c1)N1CCC(c2ncn[nH]2)CC1. The number of H-pyrrole nitrogens is 1. The maximum absolute atomic E-state index is 6.00. The molecule has 27 heavy (non-hydrogen) atoms. The van der Waals surface area contributed by atoms with Gasteiger partial charge < -0.3 is 15.0 Å². The standard InChI is InChI=1S/C20H30N6O/c1-4-21-20(22-13-16(3)27-18-7-5-6-15(2)12-18)26-10-8-17(9-11-26)19-23-14-24-25-19/h5-7,12,14,16-17H,4,8-11,13H2,1-3H3,(H,21,22)(H,23,24,25). The van der Waals surface area contributed by atoms with Gasteiger partial charge in [-0.1, -0.05) is 12.1 Å². The van der Waals surface area contributed by atoms with Gasteiger partial charge in [-0.05, 0) is 51.3 Å². The molecule has 0 bridgehead atoms. The zero-order chi connectivity index (χ0) is 19.1. The first-order chi connectivity index (χ1) is 13.2. The lowest BCUT2D eigenvalue weighted by atomic mass is 9.96. The summed E-state index contributed by atoms with van der Waals surface area (Å²) in [4.78, 5) is 11.4. The third-order valence-electron chi connectivity index (χ3n) is 4.77. The second kappa shape index (κ2) is 9.39. The molecule has 0 radical (unpaired) electrons. The van der Waals surface area contributed by atoms with E-state index in [1.165, 1.54) is 5.56 Å². The second-order valence-corrected chi connectivity index (χ2v) is 7.07. The summed E-state index contributed by atoms with van der Waals surface area (Å²) in [7, 11) is 0. The van der Waals surface area contributed by atoms with Crippen LogP contribution in [0.15, 0.2) is 35.6 Å². The normalized spacial score (nSPS) is 17.0. The number of likely N-dealkylation sites (tertiary alicyclic amines) is 1. The summed E-state index contributed by atoms with van der Waals surface area (Å²) in [5, 5.41) is 10.4. The predicted octanol–water partition coefficient (Wildman–Crippen LogP) is 2.73. The van der Waals surface area contributed by atoms with Gasteiger partial charge in [-0.3, -0.25) is 5.10 Å². The Hall–Kier alpha value is -2.57. The largest absolute Gasteiger partial charge is 0.489 e. The van der Waals surface area contributed by atoms with Gasteiger partial charge >= 0.3 is 0 Å². The van der Waals surface area contributed by atoms with E-state index in [1.54, 1.807) is 6.33 Å². The van der Waals surface area contributed by atoms with Gasteiger partial charge in [0, 0.05) is 25.6 Å². The molecule has 1 aliphatic rings. The third kappa shape index (κ3) is 5.45. The van der Waals surface area contributed by atoms with E-state index in [0.717, 1.165) is 50.0 Å². The molecule has 0 amide bonds. The van der Waals surface area contributed by atoms with Gasteiger partial charge in [0.15, 0.2) is 5.96 Å². The van der Waals surface area contributed by atoms with E-state index >= 15 is 0 Å². The number of nitrogens with zero attached hydrogens (tertiary/aromatic N) is 4. The number of ether oxygens (including phenoxy) is 1. The van der Waals surface area contributed by atoms with Crippen LogP contribution in [0.2, 0.25) is 0 Å². The van der Waals surface area contributed by atoms with Crippen LogP contribution >= 0.6 is 0 Å². The highest BCUT2D eigenvalue weighted by Crippen LogP contribution is 2.25. The minimum absolute atomic E-state index is 0.0205. The molecule has 2 aromatic rings. The van der Waals surface area contributed by atoms with Crippen LogP contribution in [0, 0.1) is 6.92 Å². The summed E-state index contributed by atoms with van der Waals surface area (Å²) < 4.78 is 6.00. The van der Waals surface area contributed by atoms with Crippen molar-refractivity contribution in [1.29, 1.82) is 0 Å². The molecule has 1 aliphatic heterocycles. The lowest BCUT2D eigenvalue weighted by Crippen LogP contribution is -2.45. The highest BCUT2D eigenvalue weighted by molar-refractivity contribution is 5.80. The minimum atomic E-state index is 0.0205. The van der Waals surface area contributed by atoms with Crippen LogP contribution in [-0.4, -0.2) is 58.3 Å². The fourth-order valence-electron chi connectivity index (χ4n) is 3.38. The number of aliphatic imine (C=N–C) groups is 1. The summed E-state index contributed by atoms with van der Waals surface area (Å²) in [6.07, 6.45) is 3.71. The number of aryl methyl sites for hydroxylation is 1. The summed E-state index contributed by atoms with van der Waals surface area (Å²) in [6, 6.07) is 8.14. The molecule has 0 spiro atoms. The quantitative estimate of drug-likeness (QED) is 0.604. The van der Waals surface area contributed by atoms with Crippen LogP contribution in [-0.2, 0) is 0 Å². The average molecular weight is 371 g/mol. The van der Waals surface area contributed by atoms with Gasteiger partial charge in [0.25, 0.3) is 0 Å². The first-order valence-corrected chi connectivity index (χ1v) is 9.77. The molecular weight excluding hydrogens is 340 g/mol. The highest BCUT2D eigenvalue weighted by atomic mass is 16.5. The molecule has 1 aromatic heterocycles. The fraction of sp³-hybridized carbons (Fsp3) is 0.550. The molecule has 2 N–H and O–H groups in total. The number of piperidine rings is 1. The predicted molar refractivity (Wildman–Crippen MR) is 107 cm³/mol. The molecule has 1 unspecified atom stereocenters. The number of hydrogen-bond donors (Lipinski definition) is 2. The molecule has 1 saturated heterocycles. The van der Waals surface area contributed by atoms with Crippen molar-refractivity contribution in [3.05, 3.63) is 42.0 Å². The molecule has 1 fully saturated rings. The molecule has 3 rings (SSSR count). The summed E-state index contributed by atoms with van der Waals surface area (Å²) in [5.41, 5.74) is 1.20. The van der Waals surface area contributed by atoms with Gasteiger partial charge in [0.05, 0.1) is 6.54 Å². The molecule has 7 heteroatoms. The van der Waals surface area contributed by atoms with Crippen molar-refractivity contribution < 1.29 is 4.74 Å². The highest BCUT2D eigenvalue weighted by Gasteiger charge is 2.24. The maximum Gasteiger partial charge on any atom is 0.194 e. The Morgan fingerprint density at radius 1 is 1.41 bits per heavy atom. The molecule has 0 saturated carbocycles. The van der Waals surface area contributed by atoms with E-state index < -0.39 is 0 Å². The van der Waals surface area contributed by atoms with Crippen molar-refractivity contribution in [1.82, 2.24) is 25.4 Å². The zero-order valence-corrected chi connectivity index (χ0v) is 16.5. The van der Waals surface area contributed by atoms with Crippen molar-refractivity contribution in [2.24, 2.45) is 4.99 Å². The van der Waals surface area contributed by atoms with Crippen LogP contribution in [0.25, 0.3) is 0 Å². The van der Waals surface area contributed by atoms with E-state index in [2.05, 4.69) is 58.3 Å². The van der Waals surface area contributed by atoms with Crippen molar-refractivity contribution in [2.75, 3.05) is 26.2 Å². The van der Waals surface area contributed by atoms with Crippen LogP contribution < -0.4 is 10.1 Å². The molecule has 0 aliphatic carbocycles. The maximum atomic E-state index is 6.00. The van der Waals surface area contributed by atoms with Crippen LogP contribution in [0.1, 0.15) is 44.0 Å². The van der Waals surface area contributed by atoms with E-state index in [9.17, 15) is 0 Å². The van der Waals surface area contributed by atoms with Gasteiger partial charge in [-0.25, -0.2) is 9.98 Å². The minimum Gasteiger partial charge on any atom is -0.489 e. The molecule has 7 nitrogen and oxygen atoms in total. The van der Waals surface area contributed by atoms with Crippen molar-refractivity contribution in [3.63, 3.8) is 0 Å². The van der Waals surface area contributed by atoms with Gasteiger partial charge in [-0.2, -0.15) is 5.10 Å². The fourth-order valence-corrected chi connectivity index (χ4v) is 3.38. The van der Waals surface area contributed by atoms with Crippen molar-refractivity contribution in [2.45, 2.75) is 45.6 Å². The first kappa shape index (κ1) is 19.2. The number of rotatable bonds is 6. The van der Waals surface area contributed by atoms with Crippen molar-refractivity contribution >= 4 is 5.96 Å². The zero-order valence-electron chi connectivity index (χ0n) is 16.5. The Labute approximate surface area is 161 Å². The third-order valence-corrected chi connectivity index (χ3v) is 4.77. The van der Waals surface area contributed by atoms with Gasteiger partial charge in [0.1, 0.15) is 24.0 Å². The smallest absolute Gasteiger partial charge is 0.194 e. The Morgan fingerprint density at radius 2 is 2.22 bits per heavy atom. The first-order valence-electron chi connectivity index (χ1n) is 9.77. The number of guanidine groups is 1. The van der Waals surface area contributed by atoms with E-state index in [-0.39, 0.29) is 6.10 Å². The molecular formula is C20H30N6O. The summed E-state index contributed by atoms with van der Waals surface area (Å²) >= 11 is 0. The average Bonchev–Trinajstić information content (AvgIpc) is 3.20. The van der Waals surface area contributed by atoms with Crippen LogP contribution in [0.4, 0.5) is 0 Å². The topological polar surface area (TPSA) is 78.4 Å². The van der Waals surface area contributed by atoms with Gasteiger partial charge in [-0.15, -0.1) is 0 Å². The van der Waals surface area contributed by atoms with Crippen molar-refractivity contribution in [3.8, 4) is 5.75 Å². The number of aromatic nitrogens is 3. The van der Waals surface area contributed by atoms with Gasteiger partial charge in [0.2, 0.25) is 0 Å². The van der Waals surface area contributed by atoms with Crippen LogP contribution in [0.3, 0.4) is 0 Å². The molecule has 1 aromatic carbocycles. The Balaban J connectivity index is 1.54. The molecule has 2 heterocycles. The molecule has 146 valence electrons. The second-order valence-electron chi connectivity index (χ2n) is 7.07. The summed E-state index contributed by atoms with van der Waals surface area (Å²) in [6.45, 7) is 9.64. The Kier molecular flexibility index (Phi) is 6.68. The number of benzene rings is 1. The number of aromatic amines is 1. The summed E-state index contributed by atoms with van der Waals surface area (Å²) in [5.74, 6) is 3.32. The number of hydrogen-bond acceptors (Lipinski definition) is 4. The van der Waals surface area contributed by atoms with Crippen LogP contribution in [0.5, 0.6) is 5.75 Å². The monoisotopic (exact) mass is 370 g/mol. The lowest BCUT2D eigenvalue weighted by Gasteiger charge is -2.33. The Bertz CT molecular complexity index is 722. The van der Waals surface area contributed by atoms with E-state index in [1.807, 2.05) is 12.1 Å². The lowest BCUT2D eigenvalue weighted by molar-refractivity contribution is 0.228. The van der Waals surface area contributed by atoms with E-state index in [4.69, 9.17) is 9.73 Å². The number of nitrogens with one attached hydrogen (secondary N) is 2. The van der Waals surface area contributed by atoms with E-state index in [0.29, 0.717) is 12.5 Å². The Morgan fingerprint density at radius 3 is 2.89 bits per heavy atom.